The van der Waals surface area contributed by atoms with Crippen molar-refractivity contribution in [2.24, 2.45) is 0 Å². The van der Waals surface area contributed by atoms with E-state index in [0.717, 1.165) is 25.7 Å². The summed E-state index contributed by atoms with van der Waals surface area (Å²) in [6.45, 7) is -1.83. The third-order valence-electron chi connectivity index (χ3n) is 11.5. The number of nitrogen functional groups attached to an aromatic ring is 4. The number of phosphoric acid groups is 1. The minimum absolute atomic E-state index is 0.0122. The summed E-state index contributed by atoms with van der Waals surface area (Å²) in [6.07, 6.45) is 11.6. The molecule has 0 saturated carbocycles. The van der Waals surface area contributed by atoms with E-state index in [1.54, 1.807) is 0 Å². The second-order valence-corrected chi connectivity index (χ2v) is 22.4. The van der Waals surface area contributed by atoms with Crippen LogP contribution in [-0.2, 0) is 53.3 Å². The van der Waals surface area contributed by atoms with E-state index in [9.17, 15) is 24.5 Å². The summed E-state index contributed by atoms with van der Waals surface area (Å²) >= 11 is 16.0. The minimum Gasteiger partial charge on any atom is -0.393 e. The zero-order valence-electron chi connectivity index (χ0n) is 39.6. The van der Waals surface area contributed by atoms with Crippen LogP contribution in [0.4, 0.5) is 34.9 Å². The molecule has 2 aliphatic heterocycles. The van der Waals surface area contributed by atoms with Crippen LogP contribution < -0.4 is 38.9 Å². The van der Waals surface area contributed by atoms with Crippen molar-refractivity contribution >= 4 is 91.6 Å². The predicted octanol–water partition coefficient (Wildman–Crippen LogP) is 6.57. The average molecular weight is 1070 g/mol. The molecular formula is C41H75N11O12P2S3. The van der Waals surface area contributed by atoms with Gasteiger partial charge in [-0.15, -0.1) is 0 Å². The lowest BCUT2D eigenvalue weighted by Crippen LogP contribution is -2.37. The zero-order valence-corrected chi connectivity index (χ0v) is 43.9. The molecule has 4 rings (SSSR count). The molecule has 4 heterocycles. The van der Waals surface area contributed by atoms with E-state index >= 15 is 0 Å². The van der Waals surface area contributed by atoms with E-state index < -0.39 is 70.7 Å². The van der Waals surface area contributed by atoms with Crippen LogP contribution in [0.2, 0.25) is 0 Å². The van der Waals surface area contributed by atoms with Gasteiger partial charge >= 0.3 is 14.5 Å². The number of H-pyrrole nitrogens is 2. The number of ether oxygens (including phenoxy) is 2. The number of hydrogen-bond acceptors (Lipinski definition) is 22. The maximum Gasteiger partial charge on any atom is 0.472 e. The number of phosphoric ester groups is 1. The molecule has 0 radical (unpaired) electrons. The highest BCUT2D eigenvalue weighted by Crippen LogP contribution is 2.53. The molecule has 69 heavy (non-hydrogen) atoms. The number of unbranched alkanes of at least 4 members (excludes halogenated alkanes) is 15. The molecule has 2 aromatic rings. The summed E-state index contributed by atoms with van der Waals surface area (Å²) in [5.41, 5.74) is 23.9. The molecule has 16 N–H and O–H groups in total. The number of nitrogens with zero attached hydrogens (tertiary/aromatic N) is 2. The lowest BCUT2D eigenvalue weighted by molar-refractivity contribution is -0.121. The van der Waals surface area contributed by atoms with Crippen LogP contribution in [0.5, 0.6) is 0 Å². The van der Waals surface area contributed by atoms with E-state index in [-0.39, 0.29) is 63.1 Å². The molecule has 28 heteroatoms. The molecule has 2 aromatic heterocycles. The lowest BCUT2D eigenvalue weighted by atomic mass is 10.0. The van der Waals surface area contributed by atoms with E-state index in [0.29, 0.717) is 25.8 Å². The van der Waals surface area contributed by atoms with Crippen molar-refractivity contribution in [1.29, 1.82) is 0 Å². The number of carbonyl (C=O) groups is 1. The molecule has 23 nitrogen and oxygen atoms in total. The topological polar surface area (TPSA) is 357 Å². The van der Waals surface area contributed by atoms with E-state index in [4.69, 9.17) is 91.3 Å². The average Bonchev–Trinajstić information content (AvgIpc) is 3.81. The highest BCUT2D eigenvalue weighted by atomic mass is 32.5. The van der Waals surface area contributed by atoms with Gasteiger partial charge in [0.2, 0.25) is 5.91 Å². The number of nitrogens with two attached hydrogens (primary N) is 4. The Hall–Kier alpha value is -2.65. The number of anilines is 6. The predicted molar refractivity (Wildman–Crippen MR) is 273 cm³/mol. The maximum absolute atomic E-state index is 13.0. The van der Waals surface area contributed by atoms with Crippen molar-refractivity contribution in [3.63, 3.8) is 0 Å². The van der Waals surface area contributed by atoms with E-state index in [1.165, 1.54) is 77.7 Å². The number of aromatic amines is 2. The number of aliphatic hydroxyl groups excluding tert-OH is 2. The summed E-state index contributed by atoms with van der Waals surface area (Å²) in [4.78, 5) is 36.1. The molecule has 0 aliphatic carbocycles. The van der Waals surface area contributed by atoms with Crippen molar-refractivity contribution in [3.8, 4) is 0 Å². The van der Waals surface area contributed by atoms with Crippen molar-refractivity contribution in [1.82, 2.24) is 25.3 Å². The highest BCUT2D eigenvalue weighted by molar-refractivity contribution is 8.07. The molecule has 0 bridgehead atoms. The molecule has 0 spiro atoms. The number of aliphatic hydroxyl groups is 2. The van der Waals surface area contributed by atoms with Gasteiger partial charge in [0.15, 0.2) is 27.4 Å². The van der Waals surface area contributed by atoms with Crippen LogP contribution in [0.3, 0.4) is 0 Å². The van der Waals surface area contributed by atoms with Gasteiger partial charge in [-0.25, -0.2) is 14.5 Å². The van der Waals surface area contributed by atoms with Crippen LogP contribution in [0.1, 0.15) is 129 Å². The lowest BCUT2D eigenvalue weighted by Gasteiger charge is -2.27. The van der Waals surface area contributed by atoms with Gasteiger partial charge in [-0.05, 0) is 31.1 Å². The van der Waals surface area contributed by atoms with E-state index in [1.807, 2.05) is 0 Å². The van der Waals surface area contributed by atoms with Gasteiger partial charge in [0.05, 0.1) is 25.9 Å². The first kappa shape index (κ1) is 58.9. The molecule has 2 saturated heterocycles. The first-order valence-electron chi connectivity index (χ1n) is 23.8. The fourth-order valence-corrected chi connectivity index (χ4v) is 10.5. The fraction of sp³-hybridized carbons (Fsp3) is 0.780. The monoisotopic (exact) mass is 1070 g/mol. The second-order valence-electron chi connectivity index (χ2n) is 17.1. The molecule has 9 atom stereocenters. The van der Waals surface area contributed by atoms with Gasteiger partial charge in [0.1, 0.15) is 53.7 Å². The highest BCUT2D eigenvalue weighted by Gasteiger charge is 2.46. The Labute approximate surface area is 419 Å². The number of nitrogens with one attached hydrogen (secondary N) is 5. The van der Waals surface area contributed by atoms with Gasteiger partial charge in [-0.2, -0.15) is 0 Å². The summed E-state index contributed by atoms with van der Waals surface area (Å²) in [5, 5.41) is 30.4. The smallest absolute Gasteiger partial charge is 0.393 e. The van der Waals surface area contributed by atoms with Crippen molar-refractivity contribution in [3.05, 3.63) is 9.28 Å². The number of rotatable bonds is 35. The first-order chi connectivity index (χ1) is 32.9. The fourth-order valence-electron chi connectivity index (χ4n) is 7.65. The largest absolute Gasteiger partial charge is 0.472 e. The number of carbonyl (C=O) groups excluding carboxylic acids is 1. The summed E-state index contributed by atoms with van der Waals surface area (Å²) in [5.74, 6) is 0.338. The quantitative estimate of drug-likeness (QED) is 0.0197. The zero-order chi connectivity index (χ0) is 50.4. The first-order valence-corrected chi connectivity index (χ1v) is 28.7. The summed E-state index contributed by atoms with van der Waals surface area (Å²) in [7, 11) is -3.32. The van der Waals surface area contributed by atoms with E-state index in [2.05, 4.69) is 42.8 Å². The molecule has 0 aromatic carbocycles. The Morgan fingerprint density at radius 2 is 1.29 bits per heavy atom. The third kappa shape index (κ3) is 20.8. The van der Waals surface area contributed by atoms with Gasteiger partial charge in [0.25, 0.3) is 0 Å². The number of aromatic nitrogens is 4. The Morgan fingerprint density at radius 3 is 1.88 bits per heavy atom. The van der Waals surface area contributed by atoms with Crippen molar-refractivity contribution in [2.45, 2.75) is 172 Å². The number of amides is 1. The van der Waals surface area contributed by atoms with Crippen LogP contribution in [0.15, 0.2) is 0 Å². The summed E-state index contributed by atoms with van der Waals surface area (Å²) < 4.78 is 53.3. The maximum atomic E-state index is 13.0. The standard InChI is InChI=1S/C41H75N11O12P2S3/c1-3-4-5-6-7-8-9-10-11-12-13-14-17-20-29(53)46-21-18-15-16-19-22-59-65(56,57)60-24-27-26(23-30(62-27)47-35-31(42)38(67)51-40(44)49-35)64-66(69,58-2)61-25-28-33(54)34(55)37(63-28)48-36-32(43)39(68)52-41(45)50-36/h26-28,30,33-34,37,54-55H,3-25,42-43H2,1-2H3,(H,46,53)(H,56,57)(H4,44,47,49,51,67)(H4,45,48,50,52,68). The van der Waals surface area contributed by atoms with Gasteiger partial charge in [-0.1, -0.05) is 121 Å². The van der Waals surface area contributed by atoms with Crippen LogP contribution >= 0.6 is 39.0 Å². The molecular weight excluding hydrogens is 997 g/mol. The minimum atomic E-state index is -4.58. The Kier molecular flexibility index (Phi) is 26.0. The second kappa shape index (κ2) is 30.4. The molecule has 1 amide bonds. The molecule has 394 valence electrons. The molecule has 2 aliphatic rings. The Morgan fingerprint density at radius 1 is 0.754 bits per heavy atom. The third-order valence-corrected chi connectivity index (χ3v) is 15.6. The van der Waals surface area contributed by atoms with Crippen molar-refractivity contribution in [2.75, 3.05) is 67.0 Å². The van der Waals surface area contributed by atoms with Gasteiger partial charge in [0, 0.05) is 26.5 Å². The summed E-state index contributed by atoms with van der Waals surface area (Å²) in [6, 6.07) is 0. The normalized spacial score (nSPS) is 23.1. The van der Waals surface area contributed by atoms with Crippen LogP contribution in [0.25, 0.3) is 0 Å². The van der Waals surface area contributed by atoms with Gasteiger partial charge in [-0.3, -0.25) is 13.8 Å². The molecule has 9 unspecified atom stereocenters. The van der Waals surface area contributed by atoms with Crippen LogP contribution in [0, 0.1) is 9.28 Å². The Bertz CT molecular complexity index is 2100. The molecule has 2 fully saturated rings. The van der Waals surface area contributed by atoms with Crippen molar-refractivity contribution < 1.29 is 56.6 Å². The Balaban J connectivity index is 1.18. The van der Waals surface area contributed by atoms with Crippen LogP contribution in [-0.4, -0.2) is 117 Å². The SMILES string of the molecule is CCCCCCCCCCCCCCCC(=O)NCCCCCCOP(=O)(O)OCC1OC(Nc2[nH]c(N)nc(=S)c2N)CC1OP(=S)(OC)OCC1OC(Nc2[nH]c(N)nc(=S)c2N)C(O)C1O. The number of hydrogen-bond donors (Lipinski definition) is 12. The van der Waals surface area contributed by atoms with Gasteiger partial charge < -0.3 is 87.0 Å².